The van der Waals surface area contributed by atoms with E-state index in [1.807, 2.05) is 50.2 Å². The van der Waals surface area contributed by atoms with Gasteiger partial charge >= 0.3 is 0 Å². The summed E-state index contributed by atoms with van der Waals surface area (Å²) in [4.78, 5) is 18.8. The zero-order valence-electron chi connectivity index (χ0n) is 13.4. The van der Waals surface area contributed by atoms with E-state index in [0.29, 0.717) is 24.5 Å². The van der Waals surface area contributed by atoms with Crippen molar-refractivity contribution in [2.75, 3.05) is 18.4 Å². The third kappa shape index (κ3) is 4.07. The highest BCUT2D eigenvalue weighted by Crippen LogP contribution is 2.21. The quantitative estimate of drug-likeness (QED) is 0.890. The Bertz CT molecular complexity index is 672. The van der Waals surface area contributed by atoms with E-state index < -0.39 is 6.04 Å². The number of pyridine rings is 1. The molecule has 0 aliphatic carbocycles. The summed E-state index contributed by atoms with van der Waals surface area (Å²) in [7, 11) is 0. The SMILES string of the molecule is CCN(CC)C(=O)[C@@H](Nc1ccc(C#N)cn1)c1ccccc1. The summed E-state index contributed by atoms with van der Waals surface area (Å²) in [6, 6.07) is 14.5. The number of anilines is 1. The first-order valence-corrected chi connectivity index (χ1v) is 7.66. The summed E-state index contributed by atoms with van der Waals surface area (Å²) in [6.45, 7) is 5.23. The molecule has 0 saturated carbocycles. The minimum atomic E-state index is -0.503. The summed E-state index contributed by atoms with van der Waals surface area (Å²) in [5, 5.41) is 12.0. The lowest BCUT2D eigenvalue weighted by molar-refractivity contribution is -0.131. The van der Waals surface area contributed by atoms with Crippen LogP contribution in [0.2, 0.25) is 0 Å². The van der Waals surface area contributed by atoms with Crippen molar-refractivity contribution >= 4 is 11.7 Å². The van der Waals surface area contributed by atoms with Crippen molar-refractivity contribution in [3.05, 3.63) is 59.8 Å². The molecule has 0 radical (unpaired) electrons. The molecule has 1 amide bonds. The summed E-state index contributed by atoms with van der Waals surface area (Å²) in [5.74, 6) is 0.575. The maximum Gasteiger partial charge on any atom is 0.249 e. The van der Waals surface area contributed by atoms with Crippen molar-refractivity contribution in [1.82, 2.24) is 9.88 Å². The number of amides is 1. The van der Waals surface area contributed by atoms with Gasteiger partial charge in [0.2, 0.25) is 5.91 Å². The third-order valence-electron chi connectivity index (χ3n) is 3.64. The van der Waals surface area contributed by atoms with E-state index in [0.717, 1.165) is 5.56 Å². The van der Waals surface area contributed by atoms with E-state index in [1.54, 1.807) is 17.0 Å². The smallest absolute Gasteiger partial charge is 0.249 e. The predicted octanol–water partition coefficient (Wildman–Crippen LogP) is 2.97. The lowest BCUT2D eigenvalue weighted by Crippen LogP contribution is -2.37. The van der Waals surface area contributed by atoms with Gasteiger partial charge < -0.3 is 10.2 Å². The van der Waals surface area contributed by atoms with Gasteiger partial charge in [-0.25, -0.2) is 4.98 Å². The fourth-order valence-electron chi connectivity index (χ4n) is 2.34. The van der Waals surface area contributed by atoms with Gasteiger partial charge in [-0.1, -0.05) is 30.3 Å². The molecular weight excluding hydrogens is 288 g/mol. The molecule has 5 nitrogen and oxygen atoms in total. The molecule has 0 bridgehead atoms. The first kappa shape index (κ1) is 16.5. The average molecular weight is 308 g/mol. The van der Waals surface area contributed by atoms with Crippen LogP contribution in [0.5, 0.6) is 0 Å². The van der Waals surface area contributed by atoms with Crippen molar-refractivity contribution in [2.24, 2.45) is 0 Å². The number of hydrogen-bond acceptors (Lipinski definition) is 4. The maximum atomic E-state index is 12.8. The van der Waals surface area contributed by atoms with Gasteiger partial charge in [-0.05, 0) is 31.5 Å². The van der Waals surface area contributed by atoms with E-state index >= 15 is 0 Å². The highest BCUT2D eigenvalue weighted by molar-refractivity contribution is 5.85. The fourth-order valence-corrected chi connectivity index (χ4v) is 2.34. The Balaban J connectivity index is 2.29. The van der Waals surface area contributed by atoms with Crippen LogP contribution in [-0.4, -0.2) is 28.9 Å². The first-order valence-electron chi connectivity index (χ1n) is 7.66. The molecular formula is C18H20N4O. The Hall–Kier alpha value is -2.87. The van der Waals surface area contributed by atoms with Gasteiger partial charge in [-0.2, -0.15) is 5.26 Å². The van der Waals surface area contributed by atoms with Gasteiger partial charge in [0.15, 0.2) is 0 Å². The summed E-state index contributed by atoms with van der Waals surface area (Å²) in [5.41, 5.74) is 1.37. The lowest BCUT2D eigenvalue weighted by atomic mass is 10.1. The van der Waals surface area contributed by atoms with E-state index in [4.69, 9.17) is 5.26 Å². The second-order valence-corrected chi connectivity index (χ2v) is 5.04. The summed E-state index contributed by atoms with van der Waals surface area (Å²) in [6.07, 6.45) is 1.49. The van der Waals surface area contributed by atoms with Crippen LogP contribution < -0.4 is 5.32 Å². The number of likely N-dealkylation sites (N-methyl/N-ethyl adjacent to an activating group) is 1. The van der Waals surface area contributed by atoms with E-state index in [1.165, 1.54) is 6.20 Å². The van der Waals surface area contributed by atoms with Gasteiger partial charge in [0, 0.05) is 19.3 Å². The Labute approximate surface area is 136 Å². The standard InChI is InChI=1S/C18H20N4O/c1-3-22(4-2)18(23)17(15-8-6-5-7-9-15)21-16-11-10-14(12-19)13-20-16/h5-11,13,17H,3-4H2,1-2H3,(H,20,21)/t17-/m0/s1. The number of hydrogen-bond donors (Lipinski definition) is 1. The number of benzene rings is 1. The molecule has 1 atom stereocenters. The van der Waals surface area contributed by atoms with Crippen molar-refractivity contribution in [1.29, 1.82) is 5.26 Å². The van der Waals surface area contributed by atoms with E-state index in [-0.39, 0.29) is 5.91 Å². The first-order chi connectivity index (χ1) is 11.2. The number of rotatable bonds is 6. The summed E-state index contributed by atoms with van der Waals surface area (Å²) >= 11 is 0. The second-order valence-electron chi connectivity index (χ2n) is 5.04. The number of aromatic nitrogens is 1. The number of carbonyl (C=O) groups is 1. The van der Waals surface area contributed by atoms with Gasteiger partial charge in [0.25, 0.3) is 0 Å². The third-order valence-corrected chi connectivity index (χ3v) is 3.64. The highest BCUT2D eigenvalue weighted by Gasteiger charge is 2.24. The molecule has 2 aromatic rings. The number of nitrogens with one attached hydrogen (secondary N) is 1. The lowest BCUT2D eigenvalue weighted by Gasteiger charge is -2.26. The molecule has 0 aliphatic rings. The molecule has 1 N–H and O–H groups in total. The fraction of sp³-hybridized carbons (Fsp3) is 0.278. The largest absolute Gasteiger partial charge is 0.355 e. The van der Waals surface area contributed by atoms with Gasteiger partial charge in [-0.3, -0.25) is 4.79 Å². The average Bonchev–Trinajstić information content (AvgIpc) is 2.62. The van der Waals surface area contributed by atoms with Gasteiger partial charge in [-0.15, -0.1) is 0 Å². The van der Waals surface area contributed by atoms with Crippen LogP contribution in [0, 0.1) is 11.3 Å². The predicted molar refractivity (Wildman–Crippen MR) is 89.7 cm³/mol. The highest BCUT2D eigenvalue weighted by atomic mass is 16.2. The molecule has 2 rings (SSSR count). The number of nitriles is 1. The molecule has 1 heterocycles. The summed E-state index contributed by atoms with van der Waals surface area (Å²) < 4.78 is 0. The molecule has 0 spiro atoms. The molecule has 0 aliphatic heterocycles. The molecule has 1 aromatic heterocycles. The van der Waals surface area contributed by atoms with Crippen molar-refractivity contribution in [2.45, 2.75) is 19.9 Å². The Morgan fingerprint density at radius 1 is 1.22 bits per heavy atom. The molecule has 0 saturated heterocycles. The van der Waals surface area contributed by atoms with E-state index in [2.05, 4.69) is 10.3 Å². The Morgan fingerprint density at radius 3 is 2.43 bits per heavy atom. The number of nitrogens with zero attached hydrogens (tertiary/aromatic N) is 3. The zero-order chi connectivity index (χ0) is 16.7. The van der Waals surface area contributed by atoms with Crippen LogP contribution in [-0.2, 0) is 4.79 Å². The van der Waals surface area contributed by atoms with Gasteiger partial charge in [0.1, 0.15) is 17.9 Å². The van der Waals surface area contributed by atoms with Crippen molar-refractivity contribution in [3.8, 4) is 6.07 Å². The van der Waals surface area contributed by atoms with Crippen LogP contribution in [0.4, 0.5) is 5.82 Å². The van der Waals surface area contributed by atoms with Crippen LogP contribution in [0.25, 0.3) is 0 Å². The van der Waals surface area contributed by atoms with Crippen molar-refractivity contribution in [3.63, 3.8) is 0 Å². The Kier molecular flexibility index (Phi) is 5.70. The molecule has 0 fully saturated rings. The zero-order valence-corrected chi connectivity index (χ0v) is 13.4. The topological polar surface area (TPSA) is 69.0 Å². The minimum absolute atomic E-state index is 0.00681. The monoisotopic (exact) mass is 308 g/mol. The Morgan fingerprint density at radius 2 is 1.91 bits per heavy atom. The molecule has 1 aromatic carbocycles. The van der Waals surface area contributed by atoms with Crippen LogP contribution in [0.15, 0.2) is 48.7 Å². The molecule has 5 heteroatoms. The van der Waals surface area contributed by atoms with Crippen molar-refractivity contribution < 1.29 is 4.79 Å². The molecule has 0 unspecified atom stereocenters. The van der Waals surface area contributed by atoms with Gasteiger partial charge in [0.05, 0.1) is 5.56 Å². The second kappa shape index (κ2) is 7.95. The van der Waals surface area contributed by atoms with E-state index in [9.17, 15) is 4.79 Å². The molecule has 118 valence electrons. The normalized spacial score (nSPS) is 11.3. The van der Waals surface area contributed by atoms with Crippen LogP contribution >= 0.6 is 0 Å². The molecule has 23 heavy (non-hydrogen) atoms. The maximum absolute atomic E-state index is 12.8. The number of carbonyl (C=O) groups excluding carboxylic acids is 1. The van der Waals surface area contributed by atoms with Crippen LogP contribution in [0.3, 0.4) is 0 Å². The van der Waals surface area contributed by atoms with Crippen LogP contribution in [0.1, 0.15) is 31.0 Å². The minimum Gasteiger partial charge on any atom is -0.355 e.